The standard InChI is InChI=1S/C38H35N5O3/c1-46-36-17-13-29(24-41-36)14-18-37(44)43(26-30-11-15-32(16-12-30)34-25-39-20-21-40-34)35(23-28-7-3-2-4-8-28)38(45)42-22-19-31-9-5-6-10-33(31)27-42/h2-18,20-21,24-25,35H,19,22-23,26-27H2,1H3/b18-14+/t35-/m0/s1. The molecule has 0 N–H and O–H groups in total. The van der Waals surface area contributed by atoms with Crippen LogP contribution in [0.4, 0.5) is 0 Å². The van der Waals surface area contributed by atoms with Crippen LogP contribution in [0, 0.1) is 0 Å². The van der Waals surface area contributed by atoms with Gasteiger partial charge in [0.15, 0.2) is 0 Å². The molecule has 8 heteroatoms. The van der Waals surface area contributed by atoms with Gasteiger partial charge in [-0.15, -0.1) is 0 Å². The van der Waals surface area contributed by atoms with Gasteiger partial charge in [0.1, 0.15) is 6.04 Å². The topological polar surface area (TPSA) is 88.5 Å². The number of hydrogen-bond acceptors (Lipinski definition) is 6. The minimum Gasteiger partial charge on any atom is -0.481 e. The molecule has 0 saturated heterocycles. The first-order valence-corrected chi connectivity index (χ1v) is 15.3. The summed E-state index contributed by atoms with van der Waals surface area (Å²) < 4.78 is 5.17. The van der Waals surface area contributed by atoms with Gasteiger partial charge < -0.3 is 14.5 Å². The van der Waals surface area contributed by atoms with Crippen molar-refractivity contribution in [2.45, 2.75) is 32.0 Å². The Labute approximate surface area is 269 Å². The number of carbonyl (C=O) groups excluding carboxylic acids is 2. The molecule has 5 aromatic rings. The van der Waals surface area contributed by atoms with E-state index >= 15 is 0 Å². The summed E-state index contributed by atoms with van der Waals surface area (Å²) in [7, 11) is 1.56. The summed E-state index contributed by atoms with van der Waals surface area (Å²) in [5.41, 5.74) is 6.73. The van der Waals surface area contributed by atoms with E-state index in [0.717, 1.165) is 39.9 Å². The number of ether oxygens (including phenoxy) is 1. The van der Waals surface area contributed by atoms with Crippen molar-refractivity contribution >= 4 is 17.9 Å². The van der Waals surface area contributed by atoms with Crippen LogP contribution in [-0.4, -0.2) is 56.3 Å². The minimum atomic E-state index is -0.724. The second kappa shape index (κ2) is 14.4. The van der Waals surface area contributed by atoms with E-state index in [9.17, 15) is 9.59 Å². The third-order valence-corrected chi connectivity index (χ3v) is 8.21. The van der Waals surface area contributed by atoms with Crippen LogP contribution in [0.3, 0.4) is 0 Å². The lowest BCUT2D eigenvalue weighted by molar-refractivity contribution is -0.144. The quantitative estimate of drug-likeness (QED) is 0.187. The smallest absolute Gasteiger partial charge is 0.247 e. The Balaban J connectivity index is 1.34. The maximum Gasteiger partial charge on any atom is 0.247 e. The van der Waals surface area contributed by atoms with Gasteiger partial charge in [-0.05, 0) is 46.4 Å². The molecule has 0 bridgehead atoms. The van der Waals surface area contributed by atoms with E-state index in [0.29, 0.717) is 25.4 Å². The van der Waals surface area contributed by atoms with E-state index in [-0.39, 0.29) is 18.4 Å². The Morgan fingerprint density at radius 1 is 0.870 bits per heavy atom. The molecule has 230 valence electrons. The number of aromatic nitrogens is 3. The molecule has 2 amide bonds. The highest BCUT2D eigenvalue weighted by Gasteiger charge is 2.34. The average molecular weight is 610 g/mol. The first-order valence-electron chi connectivity index (χ1n) is 15.3. The molecule has 0 unspecified atom stereocenters. The number of hydrogen-bond donors (Lipinski definition) is 0. The molecule has 0 fully saturated rings. The fourth-order valence-corrected chi connectivity index (χ4v) is 5.70. The molecule has 6 rings (SSSR count). The summed E-state index contributed by atoms with van der Waals surface area (Å²) in [4.78, 5) is 45.1. The highest BCUT2D eigenvalue weighted by Crippen LogP contribution is 2.24. The molecular weight excluding hydrogens is 574 g/mol. The van der Waals surface area contributed by atoms with Crippen molar-refractivity contribution in [3.63, 3.8) is 0 Å². The number of pyridine rings is 1. The van der Waals surface area contributed by atoms with Crippen molar-refractivity contribution in [2.75, 3.05) is 13.7 Å². The van der Waals surface area contributed by atoms with E-state index in [1.165, 1.54) is 11.6 Å². The molecule has 1 atom stereocenters. The monoisotopic (exact) mass is 609 g/mol. The highest BCUT2D eigenvalue weighted by molar-refractivity contribution is 5.95. The van der Waals surface area contributed by atoms with Crippen molar-refractivity contribution < 1.29 is 14.3 Å². The Morgan fingerprint density at radius 2 is 1.65 bits per heavy atom. The largest absolute Gasteiger partial charge is 0.481 e. The van der Waals surface area contributed by atoms with Crippen LogP contribution in [0.25, 0.3) is 17.3 Å². The highest BCUT2D eigenvalue weighted by atomic mass is 16.5. The van der Waals surface area contributed by atoms with Crippen molar-refractivity contribution in [3.8, 4) is 17.1 Å². The van der Waals surface area contributed by atoms with Crippen LogP contribution < -0.4 is 4.74 Å². The Hall–Kier alpha value is -5.63. The van der Waals surface area contributed by atoms with Gasteiger partial charge in [-0.2, -0.15) is 0 Å². The van der Waals surface area contributed by atoms with Gasteiger partial charge in [-0.3, -0.25) is 19.6 Å². The molecule has 3 aromatic carbocycles. The van der Waals surface area contributed by atoms with Gasteiger partial charge in [0.2, 0.25) is 17.7 Å². The van der Waals surface area contributed by atoms with Crippen molar-refractivity contribution in [3.05, 3.63) is 150 Å². The number of carbonyl (C=O) groups is 2. The van der Waals surface area contributed by atoms with E-state index < -0.39 is 6.04 Å². The molecule has 8 nitrogen and oxygen atoms in total. The fourth-order valence-electron chi connectivity index (χ4n) is 5.70. The first-order chi connectivity index (χ1) is 22.6. The van der Waals surface area contributed by atoms with Crippen molar-refractivity contribution in [1.82, 2.24) is 24.8 Å². The van der Waals surface area contributed by atoms with E-state index in [1.54, 1.807) is 48.9 Å². The van der Waals surface area contributed by atoms with Gasteiger partial charge >= 0.3 is 0 Å². The van der Waals surface area contributed by atoms with Crippen LogP contribution in [0.5, 0.6) is 5.88 Å². The summed E-state index contributed by atoms with van der Waals surface area (Å²) in [6.45, 7) is 1.37. The lowest BCUT2D eigenvalue weighted by atomic mass is 9.97. The molecule has 0 saturated carbocycles. The predicted octanol–water partition coefficient (Wildman–Crippen LogP) is 5.79. The number of amides is 2. The van der Waals surface area contributed by atoms with Gasteiger partial charge in [0, 0.05) is 62.4 Å². The number of rotatable bonds is 10. The maximum atomic E-state index is 14.5. The zero-order valence-electron chi connectivity index (χ0n) is 25.7. The summed E-state index contributed by atoms with van der Waals surface area (Å²) in [6.07, 6.45) is 11.1. The normalized spacial score (nSPS) is 13.2. The number of fused-ring (bicyclic) bond motifs is 1. The van der Waals surface area contributed by atoms with E-state index in [1.807, 2.05) is 77.7 Å². The lowest BCUT2D eigenvalue weighted by Crippen LogP contribution is -2.52. The minimum absolute atomic E-state index is 0.0672. The van der Waals surface area contributed by atoms with E-state index in [4.69, 9.17) is 4.74 Å². The molecule has 0 aliphatic carbocycles. The summed E-state index contributed by atoms with van der Waals surface area (Å²) in [5.74, 6) is 0.162. The maximum absolute atomic E-state index is 14.5. The van der Waals surface area contributed by atoms with Gasteiger partial charge in [0.05, 0.1) is 19.0 Å². The molecule has 0 spiro atoms. The number of methoxy groups -OCH3 is 1. The van der Waals surface area contributed by atoms with Gasteiger partial charge in [0.25, 0.3) is 0 Å². The second-order valence-electron chi connectivity index (χ2n) is 11.2. The molecule has 1 aliphatic rings. The summed E-state index contributed by atoms with van der Waals surface area (Å²) in [6, 6.07) is 28.9. The van der Waals surface area contributed by atoms with Gasteiger partial charge in [-0.25, -0.2) is 4.98 Å². The van der Waals surface area contributed by atoms with Crippen LogP contribution in [0.2, 0.25) is 0 Å². The fraction of sp³-hybridized carbons (Fsp3) is 0.184. The van der Waals surface area contributed by atoms with Crippen LogP contribution in [0.1, 0.15) is 27.8 Å². The Morgan fingerprint density at radius 3 is 2.37 bits per heavy atom. The Bertz CT molecular complexity index is 1790. The molecular formula is C38H35N5O3. The van der Waals surface area contributed by atoms with Crippen LogP contribution >= 0.6 is 0 Å². The third-order valence-electron chi connectivity index (χ3n) is 8.21. The zero-order chi connectivity index (χ0) is 31.7. The molecule has 46 heavy (non-hydrogen) atoms. The van der Waals surface area contributed by atoms with Crippen molar-refractivity contribution in [2.24, 2.45) is 0 Å². The van der Waals surface area contributed by atoms with Crippen LogP contribution in [-0.2, 0) is 35.5 Å². The van der Waals surface area contributed by atoms with Gasteiger partial charge in [-0.1, -0.05) is 78.9 Å². The Kier molecular flexibility index (Phi) is 9.54. The van der Waals surface area contributed by atoms with Crippen molar-refractivity contribution in [1.29, 1.82) is 0 Å². The first kappa shape index (κ1) is 30.4. The number of benzene rings is 3. The second-order valence-corrected chi connectivity index (χ2v) is 11.2. The average Bonchev–Trinajstić information content (AvgIpc) is 3.13. The zero-order valence-corrected chi connectivity index (χ0v) is 25.7. The SMILES string of the molecule is COc1ccc(/C=C/C(=O)N(Cc2ccc(-c3cnccn3)cc2)[C@@H](Cc2ccccc2)C(=O)N2CCc3ccccc3C2)cn1. The molecule has 1 aliphatic heterocycles. The third kappa shape index (κ3) is 7.35. The molecule has 3 heterocycles. The van der Waals surface area contributed by atoms with Crippen LogP contribution in [0.15, 0.2) is 122 Å². The molecule has 0 radical (unpaired) electrons. The summed E-state index contributed by atoms with van der Waals surface area (Å²) in [5, 5.41) is 0. The number of nitrogens with zero attached hydrogens (tertiary/aromatic N) is 5. The predicted molar refractivity (Wildman–Crippen MR) is 177 cm³/mol. The molecule has 2 aromatic heterocycles. The lowest BCUT2D eigenvalue weighted by Gasteiger charge is -2.37. The summed E-state index contributed by atoms with van der Waals surface area (Å²) >= 11 is 0. The van der Waals surface area contributed by atoms with E-state index in [2.05, 4.69) is 27.1 Å².